The summed E-state index contributed by atoms with van der Waals surface area (Å²) in [4.78, 5) is 10.6. The largest absolute Gasteiger partial charge is 0.368 e. The van der Waals surface area contributed by atoms with E-state index in [2.05, 4.69) is 41.2 Å². The Bertz CT molecular complexity index is 521. The van der Waals surface area contributed by atoms with Crippen LogP contribution in [0.3, 0.4) is 0 Å². The second-order valence-electron chi connectivity index (χ2n) is 4.07. The molecule has 0 aromatic carbocycles. The first-order valence-electron chi connectivity index (χ1n) is 5.31. The third-order valence-electron chi connectivity index (χ3n) is 2.43. The van der Waals surface area contributed by atoms with Gasteiger partial charge in [0.05, 0.1) is 5.39 Å². The van der Waals surface area contributed by atoms with E-state index in [-0.39, 0.29) is 0 Å². The summed E-state index contributed by atoms with van der Waals surface area (Å²) in [5.41, 5.74) is 0.819. The molecule has 0 aliphatic rings. The maximum absolute atomic E-state index is 4.27. The Balaban J connectivity index is 2.28. The van der Waals surface area contributed by atoms with E-state index >= 15 is 0 Å². The lowest BCUT2D eigenvalue weighted by molar-refractivity contribution is 0.425. The van der Waals surface area contributed by atoms with Crippen molar-refractivity contribution < 1.29 is 0 Å². The van der Waals surface area contributed by atoms with Crippen molar-refractivity contribution in [1.29, 1.82) is 0 Å². The molecule has 1 N–H and O–H groups in total. The predicted molar refractivity (Wildman–Crippen MR) is 71.0 cm³/mol. The maximum Gasteiger partial charge on any atom is 0.164 e. The second kappa shape index (κ2) is 4.97. The maximum atomic E-state index is 4.27. The van der Waals surface area contributed by atoms with Crippen LogP contribution in [0, 0.1) is 0 Å². The highest BCUT2D eigenvalue weighted by Crippen LogP contribution is 2.26. The number of anilines is 1. The molecular weight excluding hydrogens is 284 g/mol. The summed E-state index contributed by atoms with van der Waals surface area (Å²) < 4.78 is 2.50. The number of aromatic nitrogens is 4. The standard InChI is InChI=1S/C10H15BrN6/c1-16(2)5-4-12-9-7-8(11)15-17(3)10(7)14-6-13-9/h6H,4-5H2,1-3H3,(H,12,13,14). The Morgan fingerprint density at radius 2 is 2.18 bits per heavy atom. The molecule has 0 unspecified atom stereocenters. The van der Waals surface area contributed by atoms with Crippen LogP contribution in [0.15, 0.2) is 10.9 Å². The highest BCUT2D eigenvalue weighted by atomic mass is 79.9. The van der Waals surface area contributed by atoms with Gasteiger partial charge in [0.2, 0.25) is 0 Å². The quantitative estimate of drug-likeness (QED) is 0.916. The van der Waals surface area contributed by atoms with E-state index in [9.17, 15) is 0 Å². The highest BCUT2D eigenvalue weighted by Gasteiger charge is 2.12. The minimum Gasteiger partial charge on any atom is -0.368 e. The lowest BCUT2D eigenvalue weighted by Gasteiger charge is -2.11. The number of halogens is 1. The number of aryl methyl sites for hydroxylation is 1. The summed E-state index contributed by atoms with van der Waals surface area (Å²) in [5, 5.41) is 8.50. The van der Waals surface area contributed by atoms with Gasteiger partial charge in [0, 0.05) is 20.1 Å². The Kier molecular flexibility index (Phi) is 3.58. The first-order valence-corrected chi connectivity index (χ1v) is 6.10. The Morgan fingerprint density at radius 3 is 2.88 bits per heavy atom. The van der Waals surface area contributed by atoms with Gasteiger partial charge in [-0.15, -0.1) is 0 Å². The second-order valence-corrected chi connectivity index (χ2v) is 4.82. The molecule has 0 spiro atoms. The first kappa shape index (κ1) is 12.3. The third-order valence-corrected chi connectivity index (χ3v) is 2.98. The molecule has 0 saturated heterocycles. The van der Waals surface area contributed by atoms with Crippen molar-refractivity contribution in [1.82, 2.24) is 24.6 Å². The SMILES string of the molecule is CN(C)CCNc1ncnc2c1c(Br)nn2C. The minimum atomic E-state index is 0.767. The van der Waals surface area contributed by atoms with Crippen molar-refractivity contribution in [3.63, 3.8) is 0 Å². The van der Waals surface area contributed by atoms with E-state index in [1.165, 1.54) is 0 Å². The topological polar surface area (TPSA) is 58.9 Å². The van der Waals surface area contributed by atoms with Crippen LogP contribution in [-0.2, 0) is 7.05 Å². The first-order chi connectivity index (χ1) is 8.09. The molecule has 2 heterocycles. The van der Waals surface area contributed by atoms with Crippen LogP contribution < -0.4 is 5.32 Å². The molecule has 2 aromatic heterocycles. The van der Waals surface area contributed by atoms with Crippen LogP contribution in [0.25, 0.3) is 11.0 Å². The molecule has 0 bridgehead atoms. The van der Waals surface area contributed by atoms with Gasteiger partial charge >= 0.3 is 0 Å². The zero-order valence-corrected chi connectivity index (χ0v) is 11.7. The van der Waals surface area contributed by atoms with Crippen molar-refractivity contribution in [3.05, 3.63) is 10.9 Å². The fourth-order valence-corrected chi connectivity index (χ4v) is 2.18. The van der Waals surface area contributed by atoms with E-state index in [1.54, 1.807) is 11.0 Å². The lowest BCUT2D eigenvalue weighted by Crippen LogP contribution is -2.21. The van der Waals surface area contributed by atoms with Gasteiger partial charge in [0.1, 0.15) is 16.7 Å². The molecule has 0 atom stereocenters. The number of nitrogens with zero attached hydrogens (tertiary/aromatic N) is 5. The van der Waals surface area contributed by atoms with Crippen molar-refractivity contribution in [3.8, 4) is 0 Å². The van der Waals surface area contributed by atoms with E-state index in [4.69, 9.17) is 0 Å². The molecule has 7 heteroatoms. The van der Waals surface area contributed by atoms with E-state index in [0.717, 1.165) is 34.5 Å². The lowest BCUT2D eigenvalue weighted by atomic mass is 10.4. The molecule has 92 valence electrons. The van der Waals surface area contributed by atoms with Crippen LogP contribution in [-0.4, -0.2) is 51.8 Å². The van der Waals surface area contributed by atoms with Crippen molar-refractivity contribution in [2.24, 2.45) is 7.05 Å². The predicted octanol–water partition coefficient (Wildman–Crippen LogP) is 1.10. The number of likely N-dealkylation sites (N-methyl/N-ethyl adjacent to an activating group) is 1. The van der Waals surface area contributed by atoms with Gasteiger partial charge in [-0.25, -0.2) is 14.6 Å². The number of fused-ring (bicyclic) bond motifs is 1. The molecule has 0 aliphatic heterocycles. The molecule has 2 aromatic rings. The molecule has 6 nitrogen and oxygen atoms in total. The monoisotopic (exact) mass is 298 g/mol. The van der Waals surface area contributed by atoms with E-state index in [0.29, 0.717) is 0 Å². The minimum absolute atomic E-state index is 0.767. The average molecular weight is 299 g/mol. The van der Waals surface area contributed by atoms with Crippen molar-refractivity contribution in [2.45, 2.75) is 0 Å². The van der Waals surface area contributed by atoms with Crippen molar-refractivity contribution >= 4 is 32.8 Å². The van der Waals surface area contributed by atoms with Crippen molar-refractivity contribution in [2.75, 3.05) is 32.5 Å². The highest BCUT2D eigenvalue weighted by molar-refractivity contribution is 9.10. The van der Waals surface area contributed by atoms with Gasteiger partial charge in [-0.2, -0.15) is 5.10 Å². The molecule has 0 saturated carbocycles. The Labute approximate surface area is 108 Å². The molecule has 2 rings (SSSR count). The number of hydrogen-bond acceptors (Lipinski definition) is 5. The fourth-order valence-electron chi connectivity index (χ4n) is 1.57. The summed E-state index contributed by atoms with van der Waals surface area (Å²) in [6.07, 6.45) is 1.55. The summed E-state index contributed by atoms with van der Waals surface area (Å²) in [5.74, 6) is 0.817. The average Bonchev–Trinajstić information content (AvgIpc) is 2.55. The number of hydrogen-bond donors (Lipinski definition) is 1. The van der Waals surface area contributed by atoms with E-state index < -0.39 is 0 Å². The van der Waals surface area contributed by atoms with Gasteiger partial charge in [-0.1, -0.05) is 0 Å². The Morgan fingerprint density at radius 1 is 1.41 bits per heavy atom. The molecule has 0 radical (unpaired) electrons. The zero-order valence-electron chi connectivity index (χ0n) is 10.1. The fraction of sp³-hybridized carbons (Fsp3) is 0.500. The smallest absolute Gasteiger partial charge is 0.164 e. The summed E-state index contributed by atoms with van der Waals surface area (Å²) in [6.45, 7) is 1.78. The van der Waals surface area contributed by atoms with Crippen LogP contribution in [0.5, 0.6) is 0 Å². The normalized spacial score (nSPS) is 11.4. The molecular formula is C10H15BrN6. The van der Waals surface area contributed by atoms with E-state index in [1.807, 2.05) is 21.1 Å². The molecule has 0 amide bonds. The summed E-state index contributed by atoms with van der Waals surface area (Å²) in [7, 11) is 5.94. The van der Waals surface area contributed by atoms with Gasteiger partial charge in [-0.05, 0) is 30.0 Å². The van der Waals surface area contributed by atoms with Gasteiger partial charge in [0.25, 0.3) is 0 Å². The van der Waals surface area contributed by atoms with Gasteiger partial charge in [-0.3, -0.25) is 0 Å². The molecule has 0 fully saturated rings. The zero-order chi connectivity index (χ0) is 12.4. The molecule has 0 aliphatic carbocycles. The third kappa shape index (κ3) is 2.55. The summed E-state index contributed by atoms with van der Waals surface area (Å²) >= 11 is 3.43. The number of nitrogens with one attached hydrogen (secondary N) is 1. The molecule has 17 heavy (non-hydrogen) atoms. The van der Waals surface area contributed by atoms with Crippen LogP contribution >= 0.6 is 15.9 Å². The van der Waals surface area contributed by atoms with Crippen LogP contribution in [0.4, 0.5) is 5.82 Å². The van der Waals surface area contributed by atoms with Crippen LogP contribution in [0.2, 0.25) is 0 Å². The van der Waals surface area contributed by atoms with Crippen LogP contribution in [0.1, 0.15) is 0 Å². The van der Waals surface area contributed by atoms with Gasteiger partial charge < -0.3 is 10.2 Å². The van der Waals surface area contributed by atoms with Gasteiger partial charge in [0.15, 0.2) is 5.65 Å². The Hall–Kier alpha value is -1.21. The summed E-state index contributed by atoms with van der Waals surface area (Å²) in [6, 6.07) is 0. The number of rotatable bonds is 4.